The van der Waals surface area contributed by atoms with Gasteiger partial charge in [-0.15, -0.1) is 0 Å². The zero-order valence-corrected chi connectivity index (χ0v) is 28.0. The van der Waals surface area contributed by atoms with Crippen molar-refractivity contribution in [1.29, 1.82) is 0 Å². The molecule has 0 spiro atoms. The van der Waals surface area contributed by atoms with Crippen LogP contribution in [0.15, 0.2) is 60.7 Å². The van der Waals surface area contributed by atoms with E-state index in [2.05, 4.69) is 48.3 Å². The summed E-state index contributed by atoms with van der Waals surface area (Å²) in [5, 5.41) is 11.7. The minimum atomic E-state index is -0.227. The van der Waals surface area contributed by atoms with E-state index < -0.39 is 0 Å². The summed E-state index contributed by atoms with van der Waals surface area (Å²) < 4.78 is 36.8. The lowest BCUT2D eigenvalue weighted by molar-refractivity contribution is -1.11. The molecule has 4 aliphatic heterocycles. The maximum Gasteiger partial charge on any atom is 0.204 e. The van der Waals surface area contributed by atoms with Crippen LogP contribution < -0.4 is 28.4 Å². The molecule has 4 aliphatic rings. The number of rotatable bonds is 4. The van der Waals surface area contributed by atoms with Crippen LogP contribution in [0, 0.1) is 0 Å². The normalized spacial score (nSPS) is 21.8. The van der Waals surface area contributed by atoms with Crippen molar-refractivity contribution in [2.75, 3.05) is 55.6 Å². The van der Waals surface area contributed by atoms with Gasteiger partial charge in [0.1, 0.15) is 18.3 Å². The van der Waals surface area contributed by atoms with E-state index in [9.17, 15) is 5.21 Å². The fourth-order valence-corrected chi connectivity index (χ4v) is 7.43. The Hall–Kier alpha value is -4.44. The lowest BCUT2D eigenvalue weighted by atomic mass is 9.87. The highest BCUT2D eigenvalue weighted by Gasteiger charge is 2.40. The largest absolute Gasteiger partial charge is 0.493 e. The Morgan fingerprint density at radius 3 is 2.17 bits per heavy atom. The predicted molar refractivity (Wildman–Crippen MR) is 178 cm³/mol. The van der Waals surface area contributed by atoms with Crippen molar-refractivity contribution in [1.82, 2.24) is 4.90 Å². The van der Waals surface area contributed by atoms with E-state index in [1.165, 1.54) is 0 Å². The minimum absolute atomic E-state index is 0.0401. The Kier molecular flexibility index (Phi) is 8.16. The number of fused-ring (bicyclic) bond motifs is 2. The van der Waals surface area contributed by atoms with Gasteiger partial charge in [0.25, 0.3) is 0 Å². The number of hydroxylamine groups is 3. The van der Waals surface area contributed by atoms with Gasteiger partial charge in [-0.3, -0.25) is 4.90 Å². The Balaban J connectivity index is 1.48. The van der Waals surface area contributed by atoms with Crippen LogP contribution in [0.4, 0.5) is 0 Å². The van der Waals surface area contributed by atoms with Gasteiger partial charge in [-0.25, -0.2) is 5.21 Å². The SMILES string of the molecule is COc1ccc2cc1Oc1ccc(cc1)C[C@H]1c3cc(c(OC)cc3CC[N@+]1(C)O)Oc1c(OC)c(OC)cc3c1[C@H](C2)N(C)CC3. The molecule has 0 radical (unpaired) electrons. The first kappa shape index (κ1) is 31.2. The molecule has 8 rings (SSSR count). The summed E-state index contributed by atoms with van der Waals surface area (Å²) in [5.74, 6) is 4.97. The fourth-order valence-electron chi connectivity index (χ4n) is 7.43. The summed E-state index contributed by atoms with van der Waals surface area (Å²) in [6, 6.07) is 20.1. The topological polar surface area (TPSA) is 78.9 Å². The van der Waals surface area contributed by atoms with Gasteiger partial charge in [0.05, 0.1) is 35.5 Å². The van der Waals surface area contributed by atoms with Crippen molar-refractivity contribution < 1.29 is 38.3 Å². The van der Waals surface area contributed by atoms with Gasteiger partial charge >= 0.3 is 0 Å². The summed E-state index contributed by atoms with van der Waals surface area (Å²) in [6.07, 6.45) is 2.86. The van der Waals surface area contributed by atoms with Gasteiger partial charge in [0, 0.05) is 36.6 Å². The Labute approximate surface area is 276 Å². The van der Waals surface area contributed by atoms with Crippen LogP contribution in [-0.2, 0) is 25.7 Å². The standard InChI is InChI=1S/C38H43N2O7/c1-39-15-13-26-21-35(44-5)37(45-6)38-36(26)29(39)17-24-9-12-31(42-3)33(19-24)46-27-10-7-23(8-11-27)18-30-28-22-34(47-38)32(43-4)20-25(28)14-16-40(30,2)41/h7-12,19-22,29-30,41H,13-18H2,1-6H3/q+1/t29-,30-,40-/m0/s1. The molecule has 0 amide bonds. The van der Waals surface area contributed by atoms with Crippen LogP contribution >= 0.6 is 0 Å². The second-order valence-corrected chi connectivity index (χ2v) is 12.9. The second kappa shape index (κ2) is 12.3. The van der Waals surface area contributed by atoms with E-state index in [0.717, 1.165) is 52.1 Å². The molecule has 0 fully saturated rings. The van der Waals surface area contributed by atoms with Crippen molar-refractivity contribution >= 4 is 0 Å². The molecule has 47 heavy (non-hydrogen) atoms. The first-order valence-corrected chi connectivity index (χ1v) is 16.1. The number of ether oxygens (including phenoxy) is 6. The summed E-state index contributed by atoms with van der Waals surface area (Å²) in [7, 11) is 10.6. The monoisotopic (exact) mass is 639 g/mol. The third-order valence-corrected chi connectivity index (χ3v) is 10.1. The summed E-state index contributed by atoms with van der Waals surface area (Å²) in [6.45, 7) is 1.46. The zero-order chi connectivity index (χ0) is 32.9. The molecule has 0 saturated heterocycles. The van der Waals surface area contributed by atoms with Crippen molar-refractivity contribution in [2.45, 2.75) is 37.8 Å². The highest BCUT2D eigenvalue weighted by molar-refractivity contribution is 5.63. The van der Waals surface area contributed by atoms with Crippen molar-refractivity contribution in [2.24, 2.45) is 0 Å². The fraction of sp³-hybridized carbons (Fsp3) is 0.368. The Morgan fingerprint density at radius 2 is 1.45 bits per heavy atom. The molecule has 0 aliphatic carbocycles. The molecular weight excluding hydrogens is 596 g/mol. The van der Waals surface area contributed by atoms with E-state index in [1.54, 1.807) is 28.4 Å². The maximum absolute atomic E-state index is 11.7. The zero-order valence-electron chi connectivity index (χ0n) is 28.0. The van der Waals surface area contributed by atoms with Gasteiger partial charge in [0.15, 0.2) is 34.5 Å². The minimum Gasteiger partial charge on any atom is -0.493 e. The van der Waals surface area contributed by atoms with Gasteiger partial charge in [0.2, 0.25) is 5.75 Å². The second-order valence-electron chi connectivity index (χ2n) is 12.9. The first-order chi connectivity index (χ1) is 22.7. The van der Waals surface area contributed by atoms with Crippen LogP contribution in [0.2, 0.25) is 0 Å². The molecule has 0 unspecified atom stereocenters. The molecule has 6 bridgehead atoms. The molecule has 4 heterocycles. The number of quaternary nitrogens is 1. The Morgan fingerprint density at radius 1 is 0.745 bits per heavy atom. The summed E-state index contributed by atoms with van der Waals surface area (Å²) >= 11 is 0. The average Bonchev–Trinajstić information content (AvgIpc) is 3.07. The van der Waals surface area contributed by atoms with Crippen molar-refractivity contribution in [3.63, 3.8) is 0 Å². The average molecular weight is 640 g/mol. The van der Waals surface area contributed by atoms with Crippen LogP contribution in [0.5, 0.6) is 46.0 Å². The molecular formula is C38H43N2O7+. The third kappa shape index (κ3) is 5.62. The molecule has 1 N–H and O–H groups in total. The molecule has 4 aromatic rings. The molecule has 3 atom stereocenters. The molecule has 246 valence electrons. The number of nitrogens with zero attached hydrogens (tertiary/aromatic N) is 2. The predicted octanol–water partition coefficient (Wildman–Crippen LogP) is 7.07. The molecule has 4 aromatic carbocycles. The van der Waals surface area contributed by atoms with Crippen LogP contribution in [0.25, 0.3) is 0 Å². The van der Waals surface area contributed by atoms with Gasteiger partial charge < -0.3 is 28.4 Å². The number of likely N-dealkylation sites (N-methyl/N-ethyl adjacent to an activating group) is 2. The lowest BCUT2D eigenvalue weighted by Crippen LogP contribution is -2.49. The summed E-state index contributed by atoms with van der Waals surface area (Å²) in [5.41, 5.74) is 6.55. The van der Waals surface area contributed by atoms with Crippen LogP contribution in [-0.4, -0.2) is 70.4 Å². The van der Waals surface area contributed by atoms with Crippen LogP contribution in [0.1, 0.15) is 45.5 Å². The van der Waals surface area contributed by atoms with E-state index in [1.807, 2.05) is 31.3 Å². The number of hydrogen-bond donors (Lipinski definition) is 1. The third-order valence-electron chi connectivity index (χ3n) is 10.1. The van der Waals surface area contributed by atoms with Crippen molar-refractivity contribution in [3.8, 4) is 46.0 Å². The number of hydrogen-bond acceptors (Lipinski definition) is 8. The lowest BCUT2D eigenvalue weighted by Gasteiger charge is -2.39. The highest BCUT2D eigenvalue weighted by atomic mass is 16.6. The van der Waals surface area contributed by atoms with E-state index in [4.69, 9.17) is 28.4 Å². The van der Waals surface area contributed by atoms with E-state index in [-0.39, 0.29) is 16.7 Å². The van der Waals surface area contributed by atoms with E-state index in [0.29, 0.717) is 66.1 Å². The number of benzene rings is 4. The van der Waals surface area contributed by atoms with Crippen molar-refractivity contribution in [3.05, 3.63) is 94.0 Å². The van der Waals surface area contributed by atoms with Gasteiger partial charge in [-0.2, -0.15) is 4.65 Å². The highest BCUT2D eigenvalue weighted by Crippen LogP contribution is 2.52. The molecule has 0 aromatic heterocycles. The quantitative estimate of drug-likeness (QED) is 0.238. The summed E-state index contributed by atoms with van der Waals surface area (Å²) in [4.78, 5) is 2.36. The Bertz CT molecular complexity index is 1800. The van der Waals surface area contributed by atoms with Gasteiger partial charge in [-0.1, -0.05) is 18.2 Å². The molecule has 0 saturated carbocycles. The first-order valence-electron chi connectivity index (χ1n) is 16.1. The van der Waals surface area contributed by atoms with Crippen LogP contribution in [0.3, 0.4) is 0 Å². The number of methoxy groups -OCH3 is 4. The molecule has 9 heteroatoms. The molecule has 9 nitrogen and oxygen atoms in total. The maximum atomic E-state index is 11.7. The smallest absolute Gasteiger partial charge is 0.204 e. The van der Waals surface area contributed by atoms with Gasteiger partial charge in [-0.05, 0) is 84.6 Å². The van der Waals surface area contributed by atoms with E-state index >= 15 is 0 Å².